The SMILES string of the molecule is CCO[C@H]1[C@H](C)/C=C(/C)COC/C=C(/C)CC/C=C/[C@@H]1OC. The molecule has 0 N–H and O–H groups in total. The molecule has 1 aliphatic rings. The van der Waals surface area contributed by atoms with Crippen LogP contribution in [0.2, 0.25) is 0 Å². The lowest BCUT2D eigenvalue weighted by Crippen LogP contribution is -2.34. The summed E-state index contributed by atoms with van der Waals surface area (Å²) in [6, 6.07) is 0. The Balaban J connectivity index is 2.94. The Labute approximate surface area is 136 Å². The highest BCUT2D eigenvalue weighted by Crippen LogP contribution is 2.19. The standard InChI is InChI=1S/C19H32O3/c1-6-22-19-17(4)13-16(3)14-21-12-11-15(2)9-7-8-10-18(19)20-5/h8,10-11,13,17-19H,6-7,9,12,14H2,1-5H3/b10-8+,15-11-,16-13-/t17-,18+,19+/m1/s1. The maximum Gasteiger partial charge on any atom is 0.102 e. The third-order valence-corrected chi connectivity index (χ3v) is 3.93. The van der Waals surface area contributed by atoms with Crippen LogP contribution in [0, 0.1) is 5.92 Å². The van der Waals surface area contributed by atoms with E-state index in [2.05, 4.69) is 45.1 Å². The summed E-state index contributed by atoms with van der Waals surface area (Å²) in [6.45, 7) is 10.5. The number of rotatable bonds is 3. The molecular weight excluding hydrogens is 276 g/mol. The highest BCUT2D eigenvalue weighted by Gasteiger charge is 2.24. The lowest BCUT2D eigenvalue weighted by atomic mass is 9.96. The average molecular weight is 308 g/mol. The predicted octanol–water partition coefficient (Wildman–Crippen LogP) is 4.30. The van der Waals surface area contributed by atoms with E-state index in [-0.39, 0.29) is 18.1 Å². The maximum atomic E-state index is 5.95. The molecule has 0 aliphatic carbocycles. The van der Waals surface area contributed by atoms with Gasteiger partial charge in [0.1, 0.15) is 6.10 Å². The summed E-state index contributed by atoms with van der Waals surface area (Å²) in [5.41, 5.74) is 2.60. The molecule has 3 atom stereocenters. The summed E-state index contributed by atoms with van der Waals surface area (Å²) in [7, 11) is 1.75. The predicted molar refractivity (Wildman–Crippen MR) is 92.1 cm³/mol. The van der Waals surface area contributed by atoms with E-state index in [1.807, 2.05) is 6.92 Å². The molecule has 3 nitrogen and oxygen atoms in total. The molecule has 0 saturated carbocycles. The van der Waals surface area contributed by atoms with E-state index >= 15 is 0 Å². The van der Waals surface area contributed by atoms with Crippen LogP contribution in [0.25, 0.3) is 0 Å². The summed E-state index contributed by atoms with van der Waals surface area (Å²) in [5, 5.41) is 0. The van der Waals surface area contributed by atoms with Crippen molar-refractivity contribution in [2.24, 2.45) is 5.92 Å². The Morgan fingerprint density at radius 1 is 1.27 bits per heavy atom. The zero-order chi connectivity index (χ0) is 16.4. The van der Waals surface area contributed by atoms with Crippen molar-refractivity contribution in [1.29, 1.82) is 0 Å². The quantitative estimate of drug-likeness (QED) is 0.727. The van der Waals surface area contributed by atoms with Gasteiger partial charge in [-0.05, 0) is 33.6 Å². The van der Waals surface area contributed by atoms with Crippen molar-refractivity contribution < 1.29 is 14.2 Å². The Hall–Kier alpha value is -0.900. The van der Waals surface area contributed by atoms with Crippen molar-refractivity contribution in [3.05, 3.63) is 35.5 Å². The molecule has 0 fully saturated rings. The molecule has 1 rings (SSSR count). The van der Waals surface area contributed by atoms with Gasteiger partial charge in [0.05, 0.1) is 19.3 Å². The molecule has 0 radical (unpaired) electrons. The molecule has 1 aliphatic heterocycles. The van der Waals surface area contributed by atoms with E-state index in [0.29, 0.717) is 19.8 Å². The third-order valence-electron chi connectivity index (χ3n) is 3.93. The van der Waals surface area contributed by atoms with Crippen LogP contribution < -0.4 is 0 Å². The zero-order valence-electron chi connectivity index (χ0n) is 14.8. The van der Waals surface area contributed by atoms with Crippen LogP contribution in [-0.2, 0) is 14.2 Å². The highest BCUT2D eigenvalue weighted by atomic mass is 16.5. The maximum absolute atomic E-state index is 5.95. The van der Waals surface area contributed by atoms with Crippen molar-refractivity contribution in [1.82, 2.24) is 0 Å². The van der Waals surface area contributed by atoms with Gasteiger partial charge in [0, 0.05) is 19.6 Å². The first-order valence-electron chi connectivity index (χ1n) is 8.30. The van der Waals surface area contributed by atoms with Gasteiger partial charge in [0.25, 0.3) is 0 Å². The Bertz CT molecular complexity index is 395. The van der Waals surface area contributed by atoms with E-state index < -0.39 is 0 Å². The molecule has 126 valence electrons. The smallest absolute Gasteiger partial charge is 0.102 e. The molecule has 0 aromatic rings. The number of hydrogen-bond donors (Lipinski definition) is 0. The van der Waals surface area contributed by atoms with Gasteiger partial charge in [-0.15, -0.1) is 0 Å². The Morgan fingerprint density at radius 2 is 2.05 bits per heavy atom. The van der Waals surface area contributed by atoms with Crippen LogP contribution in [0.1, 0.15) is 40.5 Å². The van der Waals surface area contributed by atoms with Crippen LogP contribution in [-0.4, -0.2) is 39.1 Å². The van der Waals surface area contributed by atoms with E-state index in [1.54, 1.807) is 7.11 Å². The van der Waals surface area contributed by atoms with Gasteiger partial charge in [-0.2, -0.15) is 0 Å². The minimum absolute atomic E-state index is 0.0212. The van der Waals surface area contributed by atoms with E-state index in [0.717, 1.165) is 12.8 Å². The van der Waals surface area contributed by atoms with Gasteiger partial charge < -0.3 is 14.2 Å². The summed E-state index contributed by atoms with van der Waals surface area (Å²) < 4.78 is 17.3. The van der Waals surface area contributed by atoms with Crippen molar-refractivity contribution in [3.8, 4) is 0 Å². The van der Waals surface area contributed by atoms with Gasteiger partial charge in [-0.25, -0.2) is 0 Å². The van der Waals surface area contributed by atoms with E-state index in [1.165, 1.54) is 11.1 Å². The normalized spacial score (nSPS) is 34.9. The van der Waals surface area contributed by atoms with Gasteiger partial charge in [-0.3, -0.25) is 0 Å². The highest BCUT2D eigenvalue weighted by molar-refractivity contribution is 5.08. The molecule has 0 saturated heterocycles. The van der Waals surface area contributed by atoms with Crippen molar-refractivity contribution in [2.45, 2.75) is 52.7 Å². The fourth-order valence-corrected chi connectivity index (χ4v) is 2.72. The van der Waals surface area contributed by atoms with Gasteiger partial charge in [0.2, 0.25) is 0 Å². The summed E-state index contributed by atoms with van der Waals surface area (Å²) in [4.78, 5) is 0. The van der Waals surface area contributed by atoms with Crippen LogP contribution in [0.3, 0.4) is 0 Å². The molecule has 0 aromatic carbocycles. The fourth-order valence-electron chi connectivity index (χ4n) is 2.72. The molecule has 3 heteroatoms. The minimum atomic E-state index is -0.0212. The van der Waals surface area contributed by atoms with Gasteiger partial charge in [0.15, 0.2) is 0 Å². The van der Waals surface area contributed by atoms with Crippen LogP contribution in [0.5, 0.6) is 0 Å². The van der Waals surface area contributed by atoms with Crippen LogP contribution >= 0.6 is 0 Å². The van der Waals surface area contributed by atoms with Crippen molar-refractivity contribution in [3.63, 3.8) is 0 Å². The van der Waals surface area contributed by atoms with Gasteiger partial charge in [-0.1, -0.05) is 42.4 Å². The van der Waals surface area contributed by atoms with E-state index in [4.69, 9.17) is 14.2 Å². The van der Waals surface area contributed by atoms with Crippen molar-refractivity contribution >= 4 is 0 Å². The fraction of sp³-hybridized carbons (Fsp3) is 0.684. The van der Waals surface area contributed by atoms with Crippen molar-refractivity contribution in [2.75, 3.05) is 26.9 Å². The first kappa shape index (κ1) is 19.1. The zero-order valence-corrected chi connectivity index (χ0v) is 14.8. The number of ether oxygens (including phenoxy) is 3. The number of allylic oxidation sites excluding steroid dienone is 2. The monoisotopic (exact) mass is 308 g/mol. The molecular formula is C19H32O3. The second-order valence-corrected chi connectivity index (χ2v) is 6.02. The third kappa shape index (κ3) is 6.91. The number of methoxy groups -OCH3 is 1. The second-order valence-electron chi connectivity index (χ2n) is 6.02. The first-order valence-corrected chi connectivity index (χ1v) is 8.30. The molecule has 0 bridgehead atoms. The summed E-state index contributed by atoms with van der Waals surface area (Å²) >= 11 is 0. The number of hydrogen-bond acceptors (Lipinski definition) is 3. The lowest BCUT2D eigenvalue weighted by Gasteiger charge is -2.28. The Kier molecular flexibility index (Phi) is 9.37. The molecule has 22 heavy (non-hydrogen) atoms. The molecule has 0 unspecified atom stereocenters. The first-order chi connectivity index (χ1) is 10.6. The Morgan fingerprint density at radius 3 is 2.73 bits per heavy atom. The largest absolute Gasteiger partial charge is 0.375 e. The molecule has 0 amide bonds. The topological polar surface area (TPSA) is 27.7 Å². The summed E-state index contributed by atoms with van der Waals surface area (Å²) in [5.74, 6) is 0.276. The van der Waals surface area contributed by atoms with E-state index in [9.17, 15) is 0 Å². The minimum Gasteiger partial charge on any atom is -0.375 e. The molecule has 0 spiro atoms. The van der Waals surface area contributed by atoms with Crippen LogP contribution in [0.4, 0.5) is 0 Å². The molecule has 1 heterocycles. The lowest BCUT2D eigenvalue weighted by molar-refractivity contribution is -0.0485. The van der Waals surface area contributed by atoms with Crippen LogP contribution in [0.15, 0.2) is 35.5 Å². The molecule has 0 aromatic heterocycles. The van der Waals surface area contributed by atoms with Gasteiger partial charge >= 0.3 is 0 Å². The second kappa shape index (κ2) is 10.8. The average Bonchev–Trinajstić information content (AvgIpc) is 2.49. The summed E-state index contributed by atoms with van der Waals surface area (Å²) in [6.07, 6.45) is 10.8.